The molecule has 0 saturated carbocycles. The molecule has 3 heteroatoms. The fraction of sp³-hybridized carbons (Fsp3) is 1.00. The van der Waals surface area contributed by atoms with Crippen LogP contribution in [0.4, 0.5) is 4.39 Å². The van der Waals surface area contributed by atoms with Gasteiger partial charge in [0.1, 0.15) is 0 Å². The Morgan fingerprint density at radius 1 is 1.67 bits per heavy atom. The summed E-state index contributed by atoms with van der Waals surface area (Å²) in [4.78, 5) is 0. The van der Waals surface area contributed by atoms with Crippen LogP contribution in [0.2, 0.25) is 0 Å². The Balaban J connectivity index is 3.48. The molecule has 0 unspecified atom stereocenters. The fourth-order valence-corrected chi connectivity index (χ4v) is 0. The van der Waals surface area contributed by atoms with Gasteiger partial charge in [0.15, 0.2) is 0 Å². The maximum absolute atomic E-state index is 11.4. The Hall–Kier alpha value is 0.425. The van der Waals surface area contributed by atoms with Crippen LogP contribution in [0.25, 0.3) is 0 Å². The summed E-state index contributed by atoms with van der Waals surface area (Å²) in [5.74, 6) is 0. The average molecular weight is 105 g/mol. The van der Waals surface area contributed by atoms with Crippen LogP contribution in [0, 0.1) is 0 Å². The average Bonchev–Trinajstić information content (AvgIpc) is 1.35. The van der Waals surface area contributed by atoms with E-state index in [1.165, 1.54) is 0 Å². The van der Waals surface area contributed by atoms with Crippen molar-refractivity contribution in [2.24, 2.45) is 0 Å². The molecular weight excluding hydrogens is 96.8 g/mol. The molecule has 0 heterocycles. The summed E-state index contributed by atoms with van der Waals surface area (Å²) >= 11 is 0. The van der Waals surface area contributed by atoms with Crippen LogP contribution < -0.4 is 0 Å². The molecule has 0 rings (SSSR count). The van der Waals surface area contributed by atoms with Gasteiger partial charge in [-0.05, 0) is 0 Å². The summed E-state index contributed by atoms with van der Waals surface area (Å²) in [5, 5.41) is 0. The quantitative estimate of drug-likeness (QED) is 0.348. The summed E-state index contributed by atoms with van der Waals surface area (Å²) in [6.45, 7) is 1.95. The van der Waals surface area contributed by atoms with Gasteiger partial charge in [-0.15, -0.1) is 0 Å². The molecule has 0 N–H and O–H groups in total. The molecule has 0 amide bonds. The first kappa shape index (κ1) is 6.42. The third-order valence-corrected chi connectivity index (χ3v) is 0.924. The Morgan fingerprint density at radius 2 is 1.83 bits per heavy atom. The van der Waals surface area contributed by atoms with E-state index in [1.807, 2.05) is 0 Å². The summed E-state index contributed by atoms with van der Waals surface area (Å²) in [7, 11) is 5.27. The molecule has 0 aliphatic heterocycles. The van der Waals surface area contributed by atoms with Gasteiger partial charge in [-0.25, -0.2) is 0 Å². The van der Waals surface area contributed by atoms with Gasteiger partial charge in [0.25, 0.3) is 0 Å². The topological polar surface area (TPSA) is 0 Å². The maximum atomic E-state index is 11.4. The van der Waals surface area contributed by atoms with E-state index in [0.717, 1.165) is 0 Å². The predicted molar refractivity (Wildman–Crippen MR) is 30.5 cm³/mol. The Morgan fingerprint density at radius 3 is 1.83 bits per heavy atom. The van der Waals surface area contributed by atoms with Gasteiger partial charge < -0.3 is 0 Å². The van der Waals surface area contributed by atoms with Crippen LogP contribution >= 0.6 is 6.75 Å². The second-order valence-corrected chi connectivity index (χ2v) is 5.69. The van der Waals surface area contributed by atoms with Gasteiger partial charge in [0, 0.05) is 0 Å². The van der Waals surface area contributed by atoms with Crippen LogP contribution in [0.15, 0.2) is 0 Å². The minimum atomic E-state index is -1.56. The predicted octanol–water partition coefficient (Wildman–Crippen LogP) is 1.27. The summed E-state index contributed by atoms with van der Waals surface area (Å²) in [5.41, 5.74) is 0. The molecule has 0 aliphatic carbocycles. The molecule has 0 aromatic heterocycles. The summed E-state index contributed by atoms with van der Waals surface area (Å²) in [6, 6.07) is 0. The Bertz CT molecular complexity index is 74.9. The number of hydrogen-bond acceptors (Lipinski definition) is 0. The molecule has 0 fully saturated rings. The van der Waals surface area contributed by atoms with E-state index in [-0.39, 0.29) is 6.42 Å². The van der Waals surface area contributed by atoms with Crippen molar-refractivity contribution in [3.8, 4) is 0 Å². The van der Waals surface area contributed by atoms with Crippen molar-refractivity contribution in [2.75, 3.05) is 19.7 Å². The van der Waals surface area contributed by atoms with Crippen molar-refractivity contribution < 1.29 is 4.39 Å². The molecule has 0 aromatic rings. The monoisotopic (exact) mass is 105 g/mol. The van der Waals surface area contributed by atoms with E-state index in [2.05, 4.69) is 0 Å². The van der Waals surface area contributed by atoms with Crippen LogP contribution in [0.1, 0.15) is 0 Å². The molecule has 35 valence electrons. The number of hydrogen-bond donors (Lipinski definition) is 0. The number of alkyl halides is 1. The third kappa shape index (κ3) is 4.42. The molecule has 0 atom stereocenters. The van der Waals surface area contributed by atoms with E-state index in [9.17, 15) is 4.39 Å². The first-order valence-corrected chi connectivity index (χ1v) is 4.67. The van der Waals surface area contributed by atoms with Crippen LogP contribution in [0.3, 0.4) is 0 Å². The van der Waals surface area contributed by atoms with E-state index < -0.39 is 6.75 Å². The zero-order valence-corrected chi connectivity index (χ0v) is 5.00. The van der Waals surface area contributed by atoms with Crippen LogP contribution in [0.5, 0.6) is 0 Å². The third-order valence-electron chi connectivity index (χ3n) is 0.308. The molecule has 0 aliphatic rings. The van der Waals surface area contributed by atoms with E-state index in [0.29, 0.717) is 0 Å². The van der Waals surface area contributed by atoms with Crippen molar-refractivity contribution in [3.63, 3.8) is 0 Å². The van der Waals surface area contributed by atoms with Gasteiger partial charge in [0.05, 0.1) is 0 Å². The van der Waals surface area contributed by atoms with E-state index in [4.69, 9.17) is 7.18 Å². The molecule has 0 nitrogen and oxygen atoms in total. The second kappa shape index (κ2) is 1.93. The second-order valence-electron chi connectivity index (χ2n) is 1.90. The van der Waals surface area contributed by atoms with Gasteiger partial charge in [-0.2, -0.15) is 0 Å². The van der Waals surface area contributed by atoms with E-state index >= 15 is 0 Å². The first-order valence-electron chi connectivity index (χ1n) is 1.74. The van der Waals surface area contributed by atoms with Crippen molar-refractivity contribution in [3.05, 3.63) is 0 Å². The summed E-state index contributed by atoms with van der Waals surface area (Å²) in [6.07, 6.45) is -0.340. The van der Waals surface area contributed by atoms with Crippen molar-refractivity contribution in [1.29, 1.82) is 0 Å². The van der Waals surface area contributed by atoms with Gasteiger partial charge in [0.2, 0.25) is 0 Å². The Labute approximate surface area is 39.1 Å². The SMILES string of the molecule is [B]=P(C)(C)CF. The standard InChI is InChI=1S/C3H8BFP/c1-6(2,4)3-5/h3H2,1-2H3. The fourth-order valence-electron chi connectivity index (χ4n) is 0. The minimum absolute atomic E-state index is 0.340. The number of halogens is 1. The first-order chi connectivity index (χ1) is 2.56. The van der Waals surface area contributed by atoms with Gasteiger partial charge in [-0.1, -0.05) is 0 Å². The summed E-state index contributed by atoms with van der Waals surface area (Å²) < 4.78 is 11.4. The number of rotatable bonds is 1. The molecule has 0 saturated heterocycles. The molecule has 6 heavy (non-hydrogen) atoms. The molecule has 0 bridgehead atoms. The zero-order valence-electron chi connectivity index (χ0n) is 4.11. The zero-order chi connectivity index (χ0) is 5.21. The van der Waals surface area contributed by atoms with Crippen molar-refractivity contribution in [1.82, 2.24) is 0 Å². The van der Waals surface area contributed by atoms with Crippen molar-refractivity contribution in [2.45, 2.75) is 0 Å². The normalized spacial score (nSPS) is 11.7. The molecule has 0 aromatic carbocycles. The van der Waals surface area contributed by atoms with Gasteiger partial charge in [-0.3, -0.25) is 0 Å². The molecular formula is C3H8BFP. The van der Waals surface area contributed by atoms with Crippen molar-refractivity contribution >= 4 is 13.9 Å². The van der Waals surface area contributed by atoms with Crippen LogP contribution in [-0.2, 0) is 0 Å². The van der Waals surface area contributed by atoms with Gasteiger partial charge >= 0.3 is 38.1 Å². The van der Waals surface area contributed by atoms with E-state index in [1.54, 1.807) is 13.3 Å². The molecule has 0 spiro atoms. The Kier molecular flexibility index (Phi) is 2.06. The molecule has 1 radical (unpaired) electrons. The van der Waals surface area contributed by atoms with Crippen LogP contribution in [-0.4, -0.2) is 26.9 Å².